The monoisotopic (exact) mass is 341 g/mol. The molecule has 0 aliphatic rings. The van der Waals surface area contributed by atoms with Crippen molar-refractivity contribution in [3.05, 3.63) is 53.4 Å². The molecule has 3 nitrogen and oxygen atoms in total. The molecule has 0 aromatic carbocycles. The summed E-state index contributed by atoms with van der Waals surface area (Å²) in [5, 5.41) is 4.19. The van der Waals surface area contributed by atoms with E-state index in [9.17, 15) is 0 Å². The van der Waals surface area contributed by atoms with E-state index in [-0.39, 0.29) is 0 Å². The van der Waals surface area contributed by atoms with Crippen LogP contribution in [-0.4, -0.2) is 9.97 Å². The van der Waals surface area contributed by atoms with Crippen LogP contribution in [-0.2, 0) is 0 Å². The topological polar surface area (TPSA) is 51.8 Å². The molecule has 108 valence electrons. The van der Waals surface area contributed by atoms with Crippen LogP contribution in [0.5, 0.6) is 0 Å². The Morgan fingerprint density at radius 2 is 1.68 bits per heavy atom. The molecule has 0 atom stereocenters. The fourth-order valence-electron chi connectivity index (χ4n) is 2.24. The third-order valence-electron chi connectivity index (χ3n) is 3.19. The minimum absolute atomic E-state index is 0.304. The van der Waals surface area contributed by atoms with E-state index in [0.29, 0.717) is 5.95 Å². The van der Waals surface area contributed by atoms with Crippen molar-refractivity contribution in [1.82, 2.24) is 9.97 Å². The van der Waals surface area contributed by atoms with Crippen molar-refractivity contribution in [3.8, 4) is 30.8 Å². The lowest BCUT2D eigenvalue weighted by atomic mass is 10.1. The Bertz CT molecular complexity index is 893. The Balaban J connectivity index is 1.92. The lowest BCUT2D eigenvalue weighted by Crippen LogP contribution is -1.94. The van der Waals surface area contributed by atoms with E-state index in [4.69, 9.17) is 5.73 Å². The first kappa shape index (κ1) is 13.6. The summed E-state index contributed by atoms with van der Waals surface area (Å²) in [6.07, 6.45) is 1.71. The second kappa shape index (κ2) is 5.64. The molecule has 0 aliphatic carbocycles. The molecule has 22 heavy (non-hydrogen) atoms. The van der Waals surface area contributed by atoms with Crippen molar-refractivity contribution in [2.75, 3.05) is 5.73 Å². The zero-order chi connectivity index (χ0) is 14.9. The third kappa shape index (κ3) is 2.45. The maximum absolute atomic E-state index is 5.75. The van der Waals surface area contributed by atoms with E-state index < -0.39 is 0 Å². The standard InChI is InChI=1S/C16H11N3S3/c17-16-18-6-5-11(19-16)10-9-14(12-3-1-7-20-12)22-15(10)13-4-2-8-21-13/h1-9H,(H2,17,18,19). The van der Waals surface area contributed by atoms with E-state index in [1.807, 2.05) is 6.07 Å². The average molecular weight is 341 g/mol. The molecule has 4 aromatic heterocycles. The zero-order valence-corrected chi connectivity index (χ0v) is 13.8. The molecule has 0 radical (unpaired) electrons. The number of hydrogen-bond acceptors (Lipinski definition) is 6. The van der Waals surface area contributed by atoms with Crippen molar-refractivity contribution in [3.63, 3.8) is 0 Å². The van der Waals surface area contributed by atoms with Crippen LogP contribution in [0.2, 0.25) is 0 Å². The summed E-state index contributed by atoms with van der Waals surface area (Å²) in [5.41, 5.74) is 7.74. The molecule has 0 bridgehead atoms. The summed E-state index contributed by atoms with van der Waals surface area (Å²) in [5.74, 6) is 0.304. The highest BCUT2D eigenvalue weighted by Gasteiger charge is 2.16. The zero-order valence-electron chi connectivity index (χ0n) is 11.4. The van der Waals surface area contributed by atoms with Gasteiger partial charge in [0.2, 0.25) is 5.95 Å². The number of nitrogens with zero attached hydrogens (tertiary/aromatic N) is 2. The molecule has 0 unspecified atom stereocenters. The van der Waals surface area contributed by atoms with Gasteiger partial charge in [0.25, 0.3) is 0 Å². The first-order chi connectivity index (χ1) is 10.8. The van der Waals surface area contributed by atoms with Crippen LogP contribution in [0.15, 0.2) is 53.4 Å². The van der Waals surface area contributed by atoms with Crippen molar-refractivity contribution >= 4 is 40.0 Å². The van der Waals surface area contributed by atoms with Crippen molar-refractivity contribution in [2.24, 2.45) is 0 Å². The van der Waals surface area contributed by atoms with E-state index in [2.05, 4.69) is 51.1 Å². The van der Waals surface area contributed by atoms with Gasteiger partial charge in [0.1, 0.15) is 0 Å². The molecule has 4 rings (SSSR count). The normalized spacial score (nSPS) is 10.9. The van der Waals surface area contributed by atoms with E-state index >= 15 is 0 Å². The highest BCUT2D eigenvalue weighted by Crippen LogP contribution is 2.45. The van der Waals surface area contributed by atoms with Gasteiger partial charge in [0, 0.05) is 26.4 Å². The number of aromatic nitrogens is 2. The summed E-state index contributed by atoms with van der Waals surface area (Å²) in [4.78, 5) is 13.4. The SMILES string of the molecule is Nc1nccc(-c2cc(-c3cccs3)sc2-c2cccs2)n1. The molecule has 0 aliphatic heterocycles. The summed E-state index contributed by atoms with van der Waals surface area (Å²) in [6, 6.07) is 12.5. The van der Waals surface area contributed by atoms with Gasteiger partial charge in [-0.3, -0.25) is 0 Å². The van der Waals surface area contributed by atoms with Gasteiger partial charge in [-0.2, -0.15) is 0 Å². The number of nitrogen functional groups attached to an aromatic ring is 1. The Morgan fingerprint density at radius 3 is 2.36 bits per heavy atom. The van der Waals surface area contributed by atoms with Gasteiger partial charge in [-0.1, -0.05) is 12.1 Å². The Hall–Kier alpha value is -2.02. The number of anilines is 1. The van der Waals surface area contributed by atoms with Crippen molar-refractivity contribution in [2.45, 2.75) is 0 Å². The van der Waals surface area contributed by atoms with Crippen LogP contribution >= 0.6 is 34.0 Å². The minimum Gasteiger partial charge on any atom is -0.368 e. The van der Waals surface area contributed by atoms with E-state index in [1.165, 1.54) is 19.5 Å². The number of thiophene rings is 3. The molecular formula is C16H11N3S3. The predicted molar refractivity (Wildman–Crippen MR) is 96.4 cm³/mol. The quantitative estimate of drug-likeness (QED) is 0.554. The maximum atomic E-state index is 5.75. The van der Waals surface area contributed by atoms with Crippen LogP contribution in [0.25, 0.3) is 30.8 Å². The second-order valence-corrected chi connectivity index (χ2v) is 7.56. The smallest absolute Gasteiger partial charge is 0.220 e. The first-order valence-electron chi connectivity index (χ1n) is 6.62. The molecule has 0 amide bonds. The molecular weight excluding hydrogens is 330 g/mol. The molecule has 6 heteroatoms. The summed E-state index contributed by atoms with van der Waals surface area (Å²) in [6.45, 7) is 0. The van der Waals surface area contributed by atoms with Crippen molar-refractivity contribution in [1.29, 1.82) is 0 Å². The summed E-state index contributed by atoms with van der Waals surface area (Å²) >= 11 is 5.28. The minimum atomic E-state index is 0.304. The molecule has 0 spiro atoms. The van der Waals surface area contributed by atoms with Crippen LogP contribution in [0.3, 0.4) is 0 Å². The Labute approximate surface area is 139 Å². The van der Waals surface area contributed by atoms with Gasteiger partial charge in [0.05, 0.1) is 10.6 Å². The lowest BCUT2D eigenvalue weighted by Gasteiger charge is -2.01. The van der Waals surface area contributed by atoms with Gasteiger partial charge in [-0.05, 0) is 35.0 Å². The third-order valence-corrected chi connectivity index (χ3v) is 6.44. The van der Waals surface area contributed by atoms with Crippen LogP contribution in [0.4, 0.5) is 5.95 Å². The molecule has 0 saturated carbocycles. The van der Waals surface area contributed by atoms with Gasteiger partial charge >= 0.3 is 0 Å². The Kier molecular flexibility index (Phi) is 3.49. The van der Waals surface area contributed by atoms with Gasteiger partial charge < -0.3 is 5.73 Å². The maximum Gasteiger partial charge on any atom is 0.220 e. The second-order valence-electron chi connectivity index (χ2n) is 4.61. The van der Waals surface area contributed by atoms with Crippen LogP contribution in [0.1, 0.15) is 0 Å². The van der Waals surface area contributed by atoms with Gasteiger partial charge in [-0.15, -0.1) is 34.0 Å². The number of hydrogen-bond donors (Lipinski definition) is 1. The van der Waals surface area contributed by atoms with Crippen LogP contribution in [0, 0.1) is 0 Å². The predicted octanol–water partition coefficient (Wildman–Crippen LogP) is 5.24. The van der Waals surface area contributed by atoms with E-state index in [1.54, 1.807) is 40.2 Å². The fourth-order valence-corrected chi connectivity index (χ4v) is 5.10. The average Bonchev–Trinajstić information content (AvgIpc) is 3.27. The molecule has 4 aromatic rings. The molecule has 0 saturated heterocycles. The summed E-state index contributed by atoms with van der Waals surface area (Å²) in [7, 11) is 0. The highest BCUT2D eigenvalue weighted by molar-refractivity contribution is 7.26. The highest BCUT2D eigenvalue weighted by atomic mass is 32.1. The van der Waals surface area contributed by atoms with E-state index in [0.717, 1.165) is 11.3 Å². The van der Waals surface area contributed by atoms with Gasteiger partial charge in [0.15, 0.2) is 0 Å². The first-order valence-corrected chi connectivity index (χ1v) is 9.19. The number of rotatable bonds is 3. The lowest BCUT2D eigenvalue weighted by molar-refractivity contribution is 1.19. The molecule has 0 fully saturated rings. The fraction of sp³-hybridized carbons (Fsp3) is 0. The van der Waals surface area contributed by atoms with Crippen molar-refractivity contribution < 1.29 is 0 Å². The molecule has 2 N–H and O–H groups in total. The summed E-state index contributed by atoms with van der Waals surface area (Å²) < 4.78 is 0. The van der Waals surface area contributed by atoms with Crippen LogP contribution < -0.4 is 5.73 Å². The molecule has 4 heterocycles. The largest absolute Gasteiger partial charge is 0.368 e. The Morgan fingerprint density at radius 1 is 0.909 bits per heavy atom. The number of nitrogens with two attached hydrogens (primary N) is 1. The van der Waals surface area contributed by atoms with Gasteiger partial charge in [-0.25, -0.2) is 9.97 Å².